The van der Waals surface area contributed by atoms with Gasteiger partial charge < -0.3 is 14.5 Å². The first-order chi connectivity index (χ1) is 14.9. The van der Waals surface area contributed by atoms with E-state index in [9.17, 15) is 19.3 Å². The molecule has 1 aliphatic heterocycles. The molecule has 0 aliphatic carbocycles. The van der Waals surface area contributed by atoms with Crippen molar-refractivity contribution in [1.82, 2.24) is 5.32 Å². The van der Waals surface area contributed by atoms with Crippen molar-refractivity contribution >= 4 is 40.7 Å². The van der Waals surface area contributed by atoms with E-state index in [1.807, 2.05) is 6.07 Å². The number of thiocarbonyl (C=S) groups is 1. The zero-order valence-electron chi connectivity index (χ0n) is 15.8. The molecule has 0 radical (unpaired) electrons. The number of nitro groups is 1. The Labute approximate surface area is 180 Å². The summed E-state index contributed by atoms with van der Waals surface area (Å²) in [6, 6.07) is 15.1. The highest BCUT2D eigenvalue weighted by molar-refractivity contribution is 7.80. The number of nitro benzene ring substituents is 1. The van der Waals surface area contributed by atoms with Crippen molar-refractivity contribution in [2.24, 2.45) is 0 Å². The SMILES string of the molecule is O=C1/C(=C\c2ccc(COc3cc(F)ccc3[N+](=O)[O-])o2)NC(=S)N1c1ccccc1. The molecule has 1 saturated heterocycles. The van der Waals surface area contributed by atoms with Crippen LogP contribution in [0.15, 0.2) is 70.8 Å². The zero-order valence-corrected chi connectivity index (χ0v) is 16.6. The van der Waals surface area contributed by atoms with Crippen LogP contribution in [0.1, 0.15) is 11.5 Å². The van der Waals surface area contributed by atoms with E-state index in [1.54, 1.807) is 36.4 Å². The number of furan rings is 1. The van der Waals surface area contributed by atoms with Crippen molar-refractivity contribution in [3.05, 3.63) is 93.8 Å². The number of halogens is 1. The first-order valence-corrected chi connectivity index (χ1v) is 9.41. The molecule has 1 aromatic heterocycles. The fourth-order valence-electron chi connectivity index (χ4n) is 2.94. The van der Waals surface area contributed by atoms with Gasteiger partial charge in [-0.1, -0.05) is 18.2 Å². The minimum atomic E-state index is -0.661. The lowest BCUT2D eigenvalue weighted by molar-refractivity contribution is -0.386. The summed E-state index contributed by atoms with van der Waals surface area (Å²) in [4.78, 5) is 24.5. The maximum absolute atomic E-state index is 13.4. The molecule has 1 amide bonds. The van der Waals surface area contributed by atoms with E-state index >= 15 is 0 Å². The number of hydrogen-bond donors (Lipinski definition) is 1. The molecule has 0 bridgehead atoms. The van der Waals surface area contributed by atoms with Crippen molar-refractivity contribution in [3.63, 3.8) is 0 Å². The monoisotopic (exact) mass is 439 g/mol. The van der Waals surface area contributed by atoms with Gasteiger partial charge in [0.15, 0.2) is 10.9 Å². The Hall–Kier alpha value is -4.05. The van der Waals surface area contributed by atoms with Crippen LogP contribution in [-0.2, 0) is 11.4 Å². The maximum atomic E-state index is 13.4. The Morgan fingerprint density at radius 2 is 1.97 bits per heavy atom. The lowest BCUT2D eigenvalue weighted by Crippen LogP contribution is -2.30. The van der Waals surface area contributed by atoms with Crippen LogP contribution in [0, 0.1) is 15.9 Å². The average Bonchev–Trinajstić information content (AvgIpc) is 3.30. The normalized spacial score (nSPS) is 14.7. The number of carbonyl (C=O) groups is 1. The number of nitrogens with zero attached hydrogens (tertiary/aromatic N) is 2. The number of nitrogens with one attached hydrogen (secondary N) is 1. The van der Waals surface area contributed by atoms with E-state index < -0.39 is 10.7 Å². The third-order valence-corrected chi connectivity index (χ3v) is 4.63. The van der Waals surface area contributed by atoms with Gasteiger partial charge in [-0.05, 0) is 42.5 Å². The summed E-state index contributed by atoms with van der Waals surface area (Å²) < 4.78 is 24.4. The lowest BCUT2D eigenvalue weighted by Gasteiger charge is -2.13. The van der Waals surface area contributed by atoms with Gasteiger partial charge in [0.1, 0.15) is 29.6 Å². The number of hydrogen-bond acceptors (Lipinski definition) is 6. The van der Waals surface area contributed by atoms with Gasteiger partial charge in [0, 0.05) is 18.2 Å². The van der Waals surface area contributed by atoms with Crippen LogP contribution in [0.4, 0.5) is 15.8 Å². The third kappa shape index (κ3) is 4.28. The molecule has 0 spiro atoms. The van der Waals surface area contributed by atoms with Gasteiger partial charge in [-0.25, -0.2) is 4.39 Å². The fourth-order valence-corrected chi connectivity index (χ4v) is 3.24. The number of amides is 1. The van der Waals surface area contributed by atoms with Crippen molar-refractivity contribution < 1.29 is 23.3 Å². The standard InChI is InChI=1S/C21H14FN3O5S/c22-13-6-9-18(25(27)28)19(10-13)29-12-16-8-7-15(30-16)11-17-20(26)24(21(31)23-17)14-4-2-1-3-5-14/h1-11H,12H2,(H,23,31)/b17-11+. The van der Waals surface area contributed by atoms with E-state index in [0.29, 0.717) is 17.2 Å². The van der Waals surface area contributed by atoms with Crippen LogP contribution in [-0.4, -0.2) is 15.9 Å². The molecule has 2 aromatic carbocycles. The number of rotatable bonds is 6. The van der Waals surface area contributed by atoms with Gasteiger partial charge >= 0.3 is 5.69 Å². The summed E-state index contributed by atoms with van der Waals surface area (Å²) in [5, 5.41) is 14.1. The quantitative estimate of drug-likeness (QED) is 0.266. The summed E-state index contributed by atoms with van der Waals surface area (Å²) in [5.74, 6) is -0.520. The topological polar surface area (TPSA) is 97.8 Å². The molecule has 156 valence electrons. The van der Waals surface area contributed by atoms with Gasteiger partial charge in [0.2, 0.25) is 0 Å². The first-order valence-electron chi connectivity index (χ1n) is 9.00. The second-order valence-electron chi connectivity index (χ2n) is 6.43. The first kappa shape index (κ1) is 20.2. The highest BCUT2D eigenvalue weighted by Crippen LogP contribution is 2.29. The molecular formula is C21H14FN3O5S. The average molecular weight is 439 g/mol. The van der Waals surface area contributed by atoms with Crippen molar-refractivity contribution in [1.29, 1.82) is 0 Å². The highest BCUT2D eigenvalue weighted by Gasteiger charge is 2.32. The Kier molecular flexibility index (Phi) is 5.46. The molecule has 10 heteroatoms. The van der Waals surface area contributed by atoms with Gasteiger partial charge in [0.05, 0.1) is 10.6 Å². The fraction of sp³-hybridized carbons (Fsp3) is 0.0476. The van der Waals surface area contributed by atoms with E-state index in [1.165, 1.54) is 11.0 Å². The summed E-state index contributed by atoms with van der Waals surface area (Å²) in [6.45, 7) is -0.163. The smallest absolute Gasteiger partial charge is 0.311 e. The molecule has 1 aliphatic rings. The third-order valence-electron chi connectivity index (χ3n) is 4.35. The number of anilines is 1. The Balaban J connectivity index is 1.48. The number of para-hydroxylation sites is 1. The molecule has 3 aromatic rings. The molecule has 0 atom stereocenters. The summed E-state index contributed by atoms with van der Waals surface area (Å²) in [5.41, 5.74) is 0.514. The molecule has 8 nitrogen and oxygen atoms in total. The Morgan fingerprint density at radius 3 is 2.71 bits per heavy atom. The second-order valence-corrected chi connectivity index (χ2v) is 6.81. The van der Waals surface area contributed by atoms with Crippen molar-refractivity contribution in [2.45, 2.75) is 6.61 Å². The minimum absolute atomic E-state index is 0.163. The van der Waals surface area contributed by atoms with Crippen LogP contribution >= 0.6 is 12.2 Å². The van der Waals surface area contributed by atoms with Gasteiger partial charge in [-0.15, -0.1) is 0 Å². The molecule has 0 saturated carbocycles. The minimum Gasteiger partial charge on any atom is -0.479 e. The highest BCUT2D eigenvalue weighted by atomic mass is 32.1. The van der Waals surface area contributed by atoms with E-state index in [2.05, 4.69) is 5.32 Å². The van der Waals surface area contributed by atoms with E-state index in [0.717, 1.165) is 18.2 Å². The molecule has 1 N–H and O–H groups in total. The number of carbonyl (C=O) groups excluding carboxylic acids is 1. The molecule has 2 heterocycles. The van der Waals surface area contributed by atoms with Crippen LogP contribution in [0.25, 0.3) is 6.08 Å². The number of benzene rings is 2. The van der Waals surface area contributed by atoms with Crippen molar-refractivity contribution in [3.8, 4) is 5.75 Å². The van der Waals surface area contributed by atoms with Gasteiger partial charge in [0.25, 0.3) is 5.91 Å². The number of ether oxygens (including phenoxy) is 1. The Bertz CT molecular complexity index is 1210. The lowest BCUT2D eigenvalue weighted by atomic mass is 10.3. The van der Waals surface area contributed by atoms with Crippen LogP contribution < -0.4 is 15.0 Å². The molecule has 4 rings (SSSR count). The van der Waals surface area contributed by atoms with E-state index in [-0.39, 0.29) is 34.8 Å². The van der Waals surface area contributed by atoms with E-state index in [4.69, 9.17) is 21.4 Å². The predicted octanol–water partition coefficient (Wildman–Crippen LogP) is 4.17. The van der Waals surface area contributed by atoms with Crippen LogP contribution in [0.3, 0.4) is 0 Å². The largest absolute Gasteiger partial charge is 0.479 e. The van der Waals surface area contributed by atoms with Crippen LogP contribution in [0.5, 0.6) is 5.75 Å². The van der Waals surface area contributed by atoms with Crippen LogP contribution in [0.2, 0.25) is 0 Å². The maximum Gasteiger partial charge on any atom is 0.311 e. The van der Waals surface area contributed by atoms with Crippen molar-refractivity contribution in [2.75, 3.05) is 4.90 Å². The molecule has 0 unspecified atom stereocenters. The summed E-state index contributed by atoms with van der Waals surface area (Å²) in [7, 11) is 0. The zero-order chi connectivity index (χ0) is 22.0. The summed E-state index contributed by atoms with van der Waals surface area (Å²) >= 11 is 5.25. The second kappa shape index (κ2) is 8.36. The van der Waals surface area contributed by atoms with Gasteiger partial charge in [-0.2, -0.15) is 0 Å². The molecule has 31 heavy (non-hydrogen) atoms. The predicted molar refractivity (Wildman–Crippen MR) is 114 cm³/mol. The molecular weight excluding hydrogens is 425 g/mol. The Morgan fingerprint density at radius 1 is 1.19 bits per heavy atom. The summed E-state index contributed by atoms with van der Waals surface area (Å²) in [6.07, 6.45) is 1.49. The molecule has 1 fully saturated rings. The van der Waals surface area contributed by atoms with Gasteiger partial charge in [-0.3, -0.25) is 19.8 Å².